The fourth-order valence-corrected chi connectivity index (χ4v) is 3.75. The van der Waals surface area contributed by atoms with Crippen LogP contribution < -0.4 is 11.1 Å². The average molecular weight is 414 g/mol. The van der Waals surface area contributed by atoms with Gasteiger partial charge < -0.3 is 25.3 Å². The second-order valence-electron chi connectivity index (χ2n) is 8.48. The largest absolute Gasteiger partial charge is 0.459 e. The minimum Gasteiger partial charge on any atom is -0.459 e. The van der Waals surface area contributed by atoms with E-state index >= 15 is 0 Å². The first-order valence-corrected chi connectivity index (χ1v) is 9.64. The van der Waals surface area contributed by atoms with Crippen molar-refractivity contribution in [1.82, 2.24) is 0 Å². The van der Waals surface area contributed by atoms with Crippen LogP contribution >= 0.6 is 0 Å². The molecule has 8 heteroatoms. The Balaban J connectivity index is 2.33. The first kappa shape index (κ1) is 21.4. The lowest BCUT2D eigenvalue weighted by molar-refractivity contribution is -0.152. The van der Waals surface area contributed by atoms with E-state index in [9.17, 15) is 14.4 Å². The van der Waals surface area contributed by atoms with E-state index in [1.807, 2.05) is 0 Å². The monoisotopic (exact) mass is 414 g/mol. The van der Waals surface area contributed by atoms with Crippen LogP contribution in [0.25, 0.3) is 0 Å². The molecule has 1 atom stereocenters. The Morgan fingerprint density at radius 1 is 1.13 bits per heavy atom. The van der Waals surface area contributed by atoms with Gasteiger partial charge in [-0.3, -0.25) is 4.79 Å². The Morgan fingerprint density at radius 3 is 2.37 bits per heavy atom. The van der Waals surface area contributed by atoms with Gasteiger partial charge in [-0.05, 0) is 47.6 Å². The Kier molecular flexibility index (Phi) is 5.14. The van der Waals surface area contributed by atoms with E-state index in [-0.39, 0.29) is 22.8 Å². The van der Waals surface area contributed by atoms with Crippen molar-refractivity contribution in [3.63, 3.8) is 0 Å². The summed E-state index contributed by atoms with van der Waals surface area (Å²) < 4.78 is 16.5. The molecule has 2 aliphatic heterocycles. The highest BCUT2D eigenvalue weighted by Gasteiger charge is 2.62. The van der Waals surface area contributed by atoms with Gasteiger partial charge in [0.2, 0.25) is 11.8 Å². The fraction of sp³-hybridized carbons (Fsp3) is 0.409. The van der Waals surface area contributed by atoms with Gasteiger partial charge in [-0.2, -0.15) is 0 Å². The lowest BCUT2D eigenvalue weighted by Crippen LogP contribution is -2.49. The van der Waals surface area contributed by atoms with Crippen molar-refractivity contribution < 1.29 is 28.6 Å². The van der Waals surface area contributed by atoms with Gasteiger partial charge >= 0.3 is 11.9 Å². The molecule has 0 fully saturated rings. The van der Waals surface area contributed by atoms with Gasteiger partial charge in [0.25, 0.3) is 0 Å². The van der Waals surface area contributed by atoms with E-state index in [1.165, 1.54) is 6.92 Å². The van der Waals surface area contributed by atoms with Crippen LogP contribution in [0.15, 0.2) is 47.1 Å². The van der Waals surface area contributed by atoms with E-state index < -0.39 is 35.0 Å². The van der Waals surface area contributed by atoms with E-state index in [4.69, 9.17) is 19.9 Å². The number of para-hydroxylation sites is 1. The molecule has 0 bridgehead atoms. The van der Waals surface area contributed by atoms with Crippen molar-refractivity contribution >= 4 is 23.5 Å². The minimum absolute atomic E-state index is 0.0808. The van der Waals surface area contributed by atoms with Crippen molar-refractivity contribution in [3.05, 3.63) is 52.6 Å². The van der Waals surface area contributed by atoms with E-state index in [0.29, 0.717) is 11.3 Å². The number of amides is 1. The van der Waals surface area contributed by atoms with Gasteiger partial charge in [-0.1, -0.05) is 18.2 Å². The van der Waals surface area contributed by atoms with Crippen LogP contribution in [0, 0.1) is 0 Å². The number of benzene rings is 1. The maximum absolute atomic E-state index is 13.5. The predicted octanol–water partition coefficient (Wildman–Crippen LogP) is 2.64. The third-order valence-electron chi connectivity index (χ3n) is 4.68. The molecule has 2 heterocycles. The van der Waals surface area contributed by atoms with Gasteiger partial charge in [0.15, 0.2) is 0 Å². The first-order chi connectivity index (χ1) is 13.9. The molecule has 160 valence electrons. The Labute approximate surface area is 175 Å². The summed E-state index contributed by atoms with van der Waals surface area (Å²) in [5.74, 6) is -2.45. The third kappa shape index (κ3) is 3.32. The Hall–Kier alpha value is -3.29. The number of carbonyl (C=O) groups excluding carboxylic acids is 3. The smallest absolute Gasteiger partial charge is 0.341 e. The van der Waals surface area contributed by atoms with E-state index in [2.05, 4.69) is 5.32 Å². The lowest BCUT2D eigenvalue weighted by Gasteiger charge is -2.36. The second-order valence-corrected chi connectivity index (χ2v) is 8.48. The lowest BCUT2D eigenvalue weighted by atomic mass is 9.67. The Bertz CT molecular complexity index is 999. The topological polar surface area (TPSA) is 117 Å². The maximum atomic E-state index is 13.5. The average Bonchev–Trinajstić information content (AvgIpc) is 2.85. The molecule has 30 heavy (non-hydrogen) atoms. The molecular weight excluding hydrogens is 388 g/mol. The molecule has 1 aromatic rings. The summed E-state index contributed by atoms with van der Waals surface area (Å²) in [7, 11) is 0. The number of ether oxygens (including phenoxy) is 3. The zero-order valence-electron chi connectivity index (χ0n) is 17.9. The molecule has 1 amide bonds. The number of allylic oxidation sites excluding steroid dienone is 1. The summed E-state index contributed by atoms with van der Waals surface area (Å²) in [6.45, 7) is 9.95. The second kappa shape index (κ2) is 7.19. The number of nitrogens with two attached hydrogens (primary N) is 1. The number of rotatable bonds is 3. The number of fused-ring (bicyclic) bond motifs is 2. The summed E-state index contributed by atoms with van der Waals surface area (Å²) in [4.78, 5) is 39.9. The van der Waals surface area contributed by atoms with Crippen LogP contribution in [0.5, 0.6) is 0 Å². The van der Waals surface area contributed by atoms with Crippen LogP contribution in [0.4, 0.5) is 5.69 Å². The fourth-order valence-electron chi connectivity index (χ4n) is 3.75. The molecule has 0 aromatic heterocycles. The molecule has 3 rings (SSSR count). The van der Waals surface area contributed by atoms with Crippen molar-refractivity contribution in [2.75, 3.05) is 5.32 Å². The van der Waals surface area contributed by atoms with Gasteiger partial charge in [0.05, 0.1) is 6.10 Å². The number of hydrogen-bond donors (Lipinski definition) is 2. The molecule has 0 radical (unpaired) electrons. The van der Waals surface area contributed by atoms with Crippen LogP contribution in [0.3, 0.4) is 0 Å². The van der Waals surface area contributed by atoms with Crippen molar-refractivity contribution in [3.8, 4) is 0 Å². The van der Waals surface area contributed by atoms with E-state index in [1.54, 1.807) is 58.9 Å². The highest BCUT2D eigenvalue weighted by atomic mass is 16.6. The minimum atomic E-state index is -1.85. The molecule has 0 saturated carbocycles. The highest BCUT2D eigenvalue weighted by Crippen LogP contribution is 2.52. The molecule has 8 nitrogen and oxygen atoms in total. The number of nitrogens with one attached hydrogen (secondary N) is 1. The number of carbonyl (C=O) groups is 3. The molecule has 1 spiro atoms. The van der Waals surface area contributed by atoms with Gasteiger partial charge in [0, 0.05) is 11.3 Å². The molecule has 0 saturated heterocycles. The zero-order chi connectivity index (χ0) is 22.4. The normalized spacial score (nSPS) is 20.8. The van der Waals surface area contributed by atoms with Crippen molar-refractivity contribution in [2.24, 2.45) is 5.73 Å². The van der Waals surface area contributed by atoms with Crippen LogP contribution in [-0.2, 0) is 34.0 Å². The van der Waals surface area contributed by atoms with E-state index in [0.717, 1.165) is 0 Å². The number of esters is 2. The summed E-state index contributed by atoms with van der Waals surface area (Å²) >= 11 is 0. The van der Waals surface area contributed by atoms with Gasteiger partial charge in [0.1, 0.15) is 27.9 Å². The van der Waals surface area contributed by atoms with Crippen LogP contribution in [0.1, 0.15) is 47.1 Å². The quantitative estimate of drug-likeness (QED) is 0.730. The predicted molar refractivity (Wildman–Crippen MR) is 109 cm³/mol. The number of hydrogen-bond acceptors (Lipinski definition) is 7. The molecule has 2 aliphatic rings. The van der Waals surface area contributed by atoms with Crippen LogP contribution in [-0.4, -0.2) is 29.6 Å². The summed E-state index contributed by atoms with van der Waals surface area (Å²) in [5.41, 5.74) is 3.91. The van der Waals surface area contributed by atoms with Crippen molar-refractivity contribution in [1.29, 1.82) is 0 Å². The summed E-state index contributed by atoms with van der Waals surface area (Å²) in [6.07, 6.45) is -0.456. The van der Waals surface area contributed by atoms with Crippen LogP contribution in [0.2, 0.25) is 0 Å². The zero-order valence-corrected chi connectivity index (χ0v) is 17.9. The van der Waals surface area contributed by atoms with Gasteiger partial charge in [-0.15, -0.1) is 0 Å². The molecule has 0 unspecified atom stereocenters. The summed E-state index contributed by atoms with van der Waals surface area (Å²) in [5, 5.41) is 2.75. The maximum Gasteiger partial charge on any atom is 0.341 e. The third-order valence-corrected chi connectivity index (χ3v) is 4.68. The number of anilines is 1. The molecule has 0 aliphatic carbocycles. The SMILES string of the molecule is CC1=C(C(=O)OC(C)C)[C@]2(C(=O)Nc3ccccc32)C(C(=O)OC(C)(C)C)=C(N)O1. The van der Waals surface area contributed by atoms with Gasteiger partial charge in [-0.25, -0.2) is 9.59 Å². The van der Waals surface area contributed by atoms with Crippen molar-refractivity contribution in [2.45, 2.75) is 58.7 Å². The Morgan fingerprint density at radius 2 is 1.77 bits per heavy atom. The standard InChI is InChI=1S/C22H26N2O6/c1-11(2)28-18(25)15-12(3)29-17(23)16(19(26)30-21(4,5)6)22(15)13-9-7-8-10-14(13)24-20(22)27/h7-11H,23H2,1-6H3,(H,24,27)/t22-/m0/s1. The molecule has 3 N–H and O–H groups in total. The molecule has 1 aromatic carbocycles. The highest BCUT2D eigenvalue weighted by molar-refractivity contribution is 6.21. The summed E-state index contributed by atoms with van der Waals surface area (Å²) in [6, 6.07) is 6.79. The first-order valence-electron chi connectivity index (χ1n) is 9.64. The molecular formula is C22H26N2O6.